The number of aromatic hydroxyl groups is 2. The van der Waals surface area contributed by atoms with Crippen LogP contribution in [0.25, 0.3) is 21.5 Å². The van der Waals surface area contributed by atoms with E-state index in [0.717, 1.165) is 60.7 Å². The molecule has 0 saturated heterocycles. The van der Waals surface area contributed by atoms with Gasteiger partial charge in [-0.15, -0.1) is 25.6 Å². The molecule has 0 radical (unpaired) electrons. The van der Waals surface area contributed by atoms with Crippen molar-refractivity contribution in [3.05, 3.63) is 78.9 Å². The Morgan fingerprint density at radius 3 is 1.62 bits per heavy atom. The van der Waals surface area contributed by atoms with E-state index in [2.05, 4.69) is 35.8 Å². The van der Waals surface area contributed by atoms with Gasteiger partial charge in [0.2, 0.25) is 11.9 Å². The summed E-state index contributed by atoms with van der Waals surface area (Å²) in [6, 6.07) is 8.98. The Balaban J connectivity index is 1.32. The van der Waals surface area contributed by atoms with Crippen LogP contribution in [-0.4, -0.2) is 141 Å². The minimum atomic E-state index is -5.59. The van der Waals surface area contributed by atoms with E-state index in [9.17, 15) is 95.2 Å². The van der Waals surface area contributed by atoms with E-state index in [1.165, 1.54) is 0 Å². The number of carbonyl (C=O) groups is 1. The van der Waals surface area contributed by atoms with Crippen molar-refractivity contribution in [1.29, 1.82) is 0 Å². The van der Waals surface area contributed by atoms with E-state index < -0.39 is 188 Å². The van der Waals surface area contributed by atoms with Gasteiger partial charge in [-0.3, -0.25) is 27.6 Å². The minimum Gasteiger partial charge on any atom is -0.507 e. The molecule has 77 heavy (non-hydrogen) atoms. The standard InChI is InChI=1S/C40H34N8O24S5/c49-9-11-70-30-17-28(31(71-12-10-50)16-27(30)43-41-25-7-8-32(75(61,62)63)24-13-21(74(58,59)60)14-29(52)34(24)25)44-45-35-33(76(64,65)66)15-23-22(37(35)53)5-6-26(38(23)77(67,68)69)42-46-36-39(72-18-51)47-48(40(36)54)19-1-3-20(4-2-19)73(55,56)57/h1-8,13-17,36,49-53H,9-12,18H2,(H,55,56,57)(H,58,59,60)(H,61,62,63)(H,64,65,66)(H,67,68,69). The van der Waals surface area contributed by atoms with Crippen LogP contribution in [0.5, 0.6) is 23.0 Å². The first-order valence-corrected chi connectivity index (χ1v) is 27.8. The van der Waals surface area contributed by atoms with Gasteiger partial charge >= 0.3 is 0 Å². The average molecular weight is 1170 g/mol. The lowest BCUT2D eigenvalue weighted by atomic mass is 10.1. The third-order valence-corrected chi connectivity index (χ3v) is 14.7. The second-order valence-electron chi connectivity index (χ2n) is 15.2. The maximum Gasteiger partial charge on any atom is 0.297 e. The highest BCUT2D eigenvalue weighted by molar-refractivity contribution is 7.87. The molecule has 1 heterocycles. The molecule has 6 aromatic rings. The number of aliphatic hydroxyl groups excluding tert-OH is 3. The molecule has 0 bridgehead atoms. The first kappa shape index (κ1) is 56.9. The van der Waals surface area contributed by atoms with Crippen LogP contribution in [0.3, 0.4) is 0 Å². The van der Waals surface area contributed by atoms with Crippen LogP contribution in [0.4, 0.5) is 34.1 Å². The Morgan fingerprint density at radius 1 is 0.532 bits per heavy atom. The Morgan fingerprint density at radius 2 is 1.09 bits per heavy atom. The van der Waals surface area contributed by atoms with Crippen LogP contribution < -0.4 is 14.5 Å². The van der Waals surface area contributed by atoms with Crippen LogP contribution in [0.15, 0.2) is 139 Å². The molecule has 0 spiro atoms. The second kappa shape index (κ2) is 21.7. The summed E-state index contributed by atoms with van der Waals surface area (Å²) in [6.45, 7) is -3.36. The van der Waals surface area contributed by atoms with Gasteiger partial charge in [-0.25, -0.2) is 0 Å². The Kier molecular flexibility index (Phi) is 16.0. The first-order valence-electron chi connectivity index (χ1n) is 20.6. The predicted molar refractivity (Wildman–Crippen MR) is 258 cm³/mol. The number of nitrogens with zero attached hydrogens (tertiary/aromatic N) is 8. The van der Waals surface area contributed by atoms with Gasteiger partial charge in [0, 0.05) is 34.4 Å². The van der Waals surface area contributed by atoms with Crippen LogP contribution >= 0.6 is 0 Å². The van der Waals surface area contributed by atoms with Crippen molar-refractivity contribution in [2.24, 2.45) is 35.8 Å². The number of fused-ring (bicyclic) bond motifs is 2. The van der Waals surface area contributed by atoms with Gasteiger partial charge in [0.25, 0.3) is 56.5 Å². The number of anilines is 1. The van der Waals surface area contributed by atoms with Crippen molar-refractivity contribution < 1.29 is 109 Å². The molecule has 1 unspecified atom stereocenters. The number of benzene rings is 6. The van der Waals surface area contributed by atoms with Crippen molar-refractivity contribution in [2.75, 3.05) is 38.2 Å². The number of phenols is 2. The number of azo groups is 3. The SMILES string of the molecule is O=C1C(N=Nc2ccc3c(O)c(N=Nc4cc(OCCO)c(N=Nc5ccc(S(=O)(=O)O)c6cc(S(=O)(=O)O)cc(O)c56)cc4OCCO)c(S(=O)(=O)O)cc3c2S(=O)(=O)O)C(OCO)=NN1c1ccc(S(=O)(=O)O)cc1. The van der Waals surface area contributed by atoms with Gasteiger partial charge in [-0.2, -0.15) is 57.3 Å². The van der Waals surface area contributed by atoms with Crippen molar-refractivity contribution in [3.8, 4) is 23.0 Å². The number of hydrogen-bond donors (Lipinski definition) is 10. The number of rotatable bonds is 19. The summed E-state index contributed by atoms with van der Waals surface area (Å²) < 4.78 is 189. The fraction of sp³-hybridized carbons (Fsp3) is 0.150. The Hall–Kier alpha value is -7.79. The third-order valence-electron chi connectivity index (χ3n) is 10.3. The smallest absolute Gasteiger partial charge is 0.297 e. The topological polar surface area (TPSA) is 508 Å². The van der Waals surface area contributed by atoms with Crippen LogP contribution in [0.1, 0.15) is 0 Å². The molecule has 7 rings (SSSR count). The zero-order valence-corrected chi connectivity index (χ0v) is 42.0. The van der Waals surface area contributed by atoms with Crippen molar-refractivity contribution in [2.45, 2.75) is 30.5 Å². The van der Waals surface area contributed by atoms with E-state index >= 15 is 0 Å². The van der Waals surface area contributed by atoms with E-state index in [4.69, 9.17) is 14.2 Å². The monoisotopic (exact) mass is 1170 g/mol. The maximum atomic E-state index is 13.5. The molecule has 0 saturated carbocycles. The first-order chi connectivity index (χ1) is 36.0. The highest BCUT2D eigenvalue weighted by Crippen LogP contribution is 2.48. The summed E-state index contributed by atoms with van der Waals surface area (Å²) in [5.41, 5.74) is -3.24. The molecule has 32 nitrogen and oxygen atoms in total. The highest BCUT2D eigenvalue weighted by Gasteiger charge is 2.40. The summed E-state index contributed by atoms with van der Waals surface area (Å²) in [4.78, 5) is 8.37. The average Bonchev–Trinajstić information content (AvgIpc) is 3.68. The molecular formula is C40H34N8O24S5. The minimum absolute atomic E-state index is 0.125. The number of hydrogen-bond acceptors (Lipinski definition) is 26. The molecule has 1 amide bonds. The third kappa shape index (κ3) is 12.3. The number of ether oxygens (including phenoxy) is 3. The Bertz CT molecular complexity index is 4120. The van der Waals surface area contributed by atoms with Gasteiger partial charge in [0.15, 0.2) is 12.5 Å². The van der Waals surface area contributed by atoms with E-state index in [1.807, 2.05) is 0 Å². The van der Waals surface area contributed by atoms with Gasteiger partial charge in [-0.1, -0.05) is 0 Å². The van der Waals surface area contributed by atoms with E-state index in [1.54, 1.807) is 0 Å². The lowest BCUT2D eigenvalue weighted by Crippen LogP contribution is -2.31. The van der Waals surface area contributed by atoms with Crippen molar-refractivity contribution >= 4 is 118 Å². The molecule has 1 aliphatic rings. The predicted octanol–water partition coefficient (Wildman–Crippen LogP) is 3.99. The molecule has 0 aromatic heterocycles. The van der Waals surface area contributed by atoms with Crippen LogP contribution in [0, 0.1) is 0 Å². The number of amides is 1. The molecule has 0 fully saturated rings. The zero-order chi connectivity index (χ0) is 56.6. The molecule has 6 aromatic carbocycles. The van der Waals surface area contributed by atoms with Gasteiger partial charge < -0.3 is 39.7 Å². The molecule has 37 heteroatoms. The summed E-state index contributed by atoms with van der Waals surface area (Å²) in [5.74, 6) is -4.67. The number of phenolic OH excluding ortho intramolecular Hbond substituents is 2. The number of carbonyl (C=O) groups excluding carboxylic acids is 1. The van der Waals surface area contributed by atoms with Crippen molar-refractivity contribution in [1.82, 2.24) is 0 Å². The molecule has 408 valence electrons. The van der Waals surface area contributed by atoms with Crippen LogP contribution in [0.2, 0.25) is 0 Å². The maximum absolute atomic E-state index is 13.5. The van der Waals surface area contributed by atoms with E-state index in [-0.39, 0.29) is 17.1 Å². The molecule has 0 aliphatic carbocycles. The van der Waals surface area contributed by atoms with Gasteiger partial charge in [0.1, 0.15) is 67.9 Å². The fourth-order valence-electron chi connectivity index (χ4n) is 7.08. The lowest BCUT2D eigenvalue weighted by Gasteiger charge is -2.14. The molecular weight excluding hydrogens is 1140 g/mol. The summed E-state index contributed by atoms with van der Waals surface area (Å²) >= 11 is 0. The quantitative estimate of drug-likeness (QED) is 0.0311. The summed E-state index contributed by atoms with van der Waals surface area (Å²) in [7, 11) is -26.0. The second-order valence-corrected chi connectivity index (χ2v) is 22.2. The highest BCUT2D eigenvalue weighted by atomic mass is 32.2. The summed E-state index contributed by atoms with van der Waals surface area (Å²) in [5, 5.41) is 76.0. The lowest BCUT2D eigenvalue weighted by molar-refractivity contribution is -0.118. The fourth-order valence-corrected chi connectivity index (χ4v) is 10.2. The zero-order valence-electron chi connectivity index (χ0n) is 37.9. The van der Waals surface area contributed by atoms with E-state index in [0.29, 0.717) is 23.2 Å². The van der Waals surface area contributed by atoms with Gasteiger partial charge in [-0.05, 0) is 60.7 Å². The van der Waals surface area contributed by atoms with Crippen LogP contribution in [-0.2, 0) is 60.1 Å². The number of aliphatic hydroxyl groups is 3. The Labute approximate surface area is 431 Å². The normalized spacial score (nSPS) is 14.9. The van der Waals surface area contributed by atoms with Crippen molar-refractivity contribution in [3.63, 3.8) is 0 Å². The molecule has 1 atom stereocenters. The number of hydrazone groups is 1. The molecule has 10 N–H and O–H groups in total. The largest absolute Gasteiger partial charge is 0.507 e. The van der Waals surface area contributed by atoms with Gasteiger partial charge in [0.05, 0.1) is 39.8 Å². The summed E-state index contributed by atoms with van der Waals surface area (Å²) in [6.07, 6.45) is 0. The molecule has 1 aliphatic heterocycles.